The van der Waals surface area contributed by atoms with E-state index in [2.05, 4.69) is 26.1 Å². The lowest BCUT2D eigenvalue weighted by atomic mass is 9.77. The predicted molar refractivity (Wildman–Crippen MR) is 71.4 cm³/mol. The van der Waals surface area contributed by atoms with Crippen LogP contribution in [0.5, 0.6) is 0 Å². The van der Waals surface area contributed by atoms with Gasteiger partial charge in [-0.1, -0.05) is 6.92 Å². The van der Waals surface area contributed by atoms with Gasteiger partial charge in [0.05, 0.1) is 6.10 Å². The molecule has 1 rings (SSSR count). The largest absolute Gasteiger partial charge is 0.382 e. The van der Waals surface area contributed by atoms with Gasteiger partial charge in [0.2, 0.25) is 0 Å². The zero-order chi connectivity index (χ0) is 12.6. The standard InChI is InChI=1S/C14H29NO2/c1-4-9-15-12-14(7-6-10-16-5-2)8-11-17-13(14)3/h13,15H,4-12H2,1-3H3. The molecule has 0 aromatic carbocycles. The lowest BCUT2D eigenvalue weighted by molar-refractivity contribution is 0.0502. The van der Waals surface area contributed by atoms with Crippen molar-refractivity contribution in [1.82, 2.24) is 5.32 Å². The van der Waals surface area contributed by atoms with Crippen LogP contribution in [-0.4, -0.2) is 39.0 Å². The lowest BCUT2D eigenvalue weighted by Crippen LogP contribution is -2.40. The van der Waals surface area contributed by atoms with Gasteiger partial charge in [-0.15, -0.1) is 0 Å². The van der Waals surface area contributed by atoms with Crippen molar-refractivity contribution in [3.63, 3.8) is 0 Å². The molecule has 0 aliphatic carbocycles. The summed E-state index contributed by atoms with van der Waals surface area (Å²) >= 11 is 0. The van der Waals surface area contributed by atoms with Gasteiger partial charge < -0.3 is 14.8 Å². The molecule has 1 saturated heterocycles. The van der Waals surface area contributed by atoms with Crippen LogP contribution >= 0.6 is 0 Å². The average molecular weight is 243 g/mol. The minimum absolute atomic E-state index is 0.340. The maximum Gasteiger partial charge on any atom is 0.0616 e. The summed E-state index contributed by atoms with van der Waals surface area (Å²) in [7, 11) is 0. The third kappa shape index (κ3) is 4.57. The van der Waals surface area contributed by atoms with E-state index in [0.717, 1.165) is 39.3 Å². The molecule has 0 radical (unpaired) electrons. The lowest BCUT2D eigenvalue weighted by Gasteiger charge is -2.32. The van der Waals surface area contributed by atoms with Crippen LogP contribution in [0.15, 0.2) is 0 Å². The molecule has 2 unspecified atom stereocenters. The Hall–Kier alpha value is -0.120. The van der Waals surface area contributed by atoms with Crippen molar-refractivity contribution in [2.75, 3.05) is 32.9 Å². The maximum absolute atomic E-state index is 5.78. The highest BCUT2D eigenvalue weighted by Gasteiger charge is 2.40. The predicted octanol–water partition coefficient (Wildman–Crippen LogP) is 2.60. The van der Waals surface area contributed by atoms with Gasteiger partial charge in [-0.05, 0) is 46.1 Å². The van der Waals surface area contributed by atoms with E-state index in [-0.39, 0.29) is 0 Å². The molecule has 1 heterocycles. The second kappa shape index (κ2) is 8.06. The summed E-state index contributed by atoms with van der Waals surface area (Å²) in [6.07, 6.45) is 5.13. The van der Waals surface area contributed by atoms with Gasteiger partial charge in [-0.25, -0.2) is 0 Å². The molecule has 3 heteroatoms. The van der Waals surface area contributed by atoms with Crippen LogP contribution in [0.25, 0.3) is 0 Å². The van der Waals surface area contributed by atoms with Crippen LogP contribution in [0.1, 0.15) is 46.5 Å². The summed E-state index contributed by atoms with van der Waals surface area (Å²) in [5.41, 5.74) is 0.340. The molecule has 0 saturated carbocycles. The van der Waals surface area contributed by atoms with E-state index in [4.69, 9.17) is 9.47 Å². The quantitative estimate of drug-likeness (QED) is 0.631. The minimum atomic E-state index is 0.340. The number of hydrogen-bond donors (Lipinski definition) is 1. The topological polar surface area (TPSA) is 30.5 Å². The van der Waals surface area contributed by atoms with Gasteiger partial charge >= 0.3 is 0 Å². The first kappa shape index (κ1) is 14.9. The van der Waals surface area contributed by atoms with Crippen molar-refractivity contribution >= 4 is 0 Å². The number of rotatable bonds is 9. The molecule has 0 aromatic heterocycles. The summed E-state index contributed by atoms with van der Waals surface area (Å²) in [5.74, 6) is 0. The Bertz CT molecular complexity index is 199. The molecule has 102 valence electrons. The highest BCUT2D eigenvalue weighted by molar-refractivity contribution is 4.91. The second-order valence-corrected chi connectivity index (χ2v) is 5.10. The summed E-state index contributed by atoms with van der Waals surface area (Å²) in [5, 5.41) is 3.57. The fourth-order valence-corrected chi connectivity index (χ4v) is 2.65. The van der Waals surface area contributed by atoms with Gasteiger partial charge in [-0.2, -0.15) is 0 Å². The Kier molecular flexibility index (Phi) is 7.09. The molecular weight excluding hydrogens is 214 g/mol. The second-order valence-electron chi connectivity index (χ2n) is 5.10. The zero-order valence-electron chi connectivity index (χ0n) is 11.8. The van der Waals surface area contributed by atoms with Gasteiger partial charge in [0, 0.05) is 31.8 Å². The first-order chi connectivity index (χ1) is 8.25. The van der Waals surface area contributed by atoms with Crippen molar-refractivity contribution in [3.8, 4) is 0 Å². The van der Waals surface area contributed by atoms with Gasteiger partial charge in [-0.3, -0.25) is 0 Å². The summed E-state index contributed by atoms with van der Waals surface area (Å²) in [6, 6.07) is 0. The monoisotopic (exact) mass is 243 g/mol. The summed E-state index contributed by atoms with van der Waals surface area (Å²) in [6.45, 7) is 11.3. The normalized spacial score (nSPS) is 28.8. The summed E-state index contributed by atoms with van der Waals surface area (Å²) < 4.78 is 11.2. The SMILES string of the molecule is CCCNCC1(CCCOCC)CCOC1C. The van der Waals surface area contributed by atoms with Gasteiger partial charge in [0.1, 0.15) is 0 Å². The van der Waals surface area contributed by atoms with E-state index >= 15 is 0 Å². The van der Waals surface area contributed by atoms with E-state index in [9.17, 15) is 0 Å². The van der Waals surface area contributed by atoms with Crippen molar-refractivity contribution < 1.29 is 9.47 Å². The van der Waals surface area contributed by atoms with Crippen molar-refractivity contribution in [1.29, 1.82) is 0 Å². The van der Waals surface area contributed by atoms with Crippen molar-refractivity contribution in [2.24, 2.45) is 5.41 Å². The Morgan fingerprint density at radius 2 is 2.24 bits per heavy atom. The Morgan fingerprint density at radius 3 is 2.82 bits per heavy atom. The molecule has 1 fully saturated rings. The molecule has 3 nitrogen and oxygen atoms in total. The highest BCUT2D eigenvalue weighted by atomic mass is 16.5. The fourth-order valence-electron chi connectivity index (χ4n) is 2.65. The van der Waals surface area contributed by atoms with Crippen LogP contribution < -0.4 is 5.32 Å². The zero-order valence-corrected chi connectivity index (χ0v) is 11.8. The number of hydrogen-bond acceptors (Lipinski definition) is 3. The molecule has 1 N–H and O–H groups in total. The van der Waals surface area contributed by atoms with Crippen molar-refractivity contribution in [3.05, 3.63) is 0 Å². The van der Waals surface area contributed by atoms with Gasteiger partial charge in [0.15, 0.2) is 0 Å². The number of ether oxygens (including phenoxy) is 2. The van der Waals surface area contributed by atoms with Gasteiger partial charge in [0.25, 0.3) is 0 Å². The first-order valence-corrected chi connectivity index (χ1v) is 7.15. The Balaban J connectivity index is 2.36. The van der Waals surface area contributed by atoms with Crippen LogP contribution in [0.3, 0.4) is 0 Å². The minimum Gasteiger partial charge on any atom is -0.382 e. The van der Waals surface area contributed by atoms with E-state index in [1.54, 1.807) is 0 Å². The van der Waals surface area contributed by atoms with E-state index in [0.29, 0.717) is 11.5 Å². The van der Waals surface area contributed by atoms with Crippen LogP contribution in [-0.2, 0) is 9.47 Å². The summed E-state index contributed by atoms with van der Waals surface area (Å²) in [4.78, 5) is 0. The highest BCUT2D eigenvalue weighted by Crippen LogP contribution is 2.38. The van der Waals surface area contributed by atoms with Crippen molar-refractivity contribution in [2.45, 2.75) is 52.6 Å². The Morgan fingerprint density at radius 1 is 1.41 bits per heavy atom. The molecular formula is C14H29NO2. The fraction of sp³-hybridized carbons (Fsp3) is 1.00. The number of nitrogens with one attached hydrogen (secondary N) is 1. The van der Waals surface area contributed by atoms with Crippen LogP contribution in [0.4, 0.5) is 0 Å². The third-order valence-electron chi connectivity index (χ3n) is 3.90. The van der Waals surface area contributed by atoms with E-state index in [1.807, 2.05) is 0 Å². The van der Waals surface area contributed by atoms with E-state index < -0.39 is 0 Å². The average Bonchev–Trinajstić information content (AvgIpc) is 2.68. The molecule has 0 spiro atoms. The first-order valence-electron chi connectivity index (χ1n) is 7.15. The molecule has 1 aliphatic heterocycles. The molecule has 0 aromatic rings. The molecule has 1 aliphatic rings. The molecule has 0 bridgehead atoms. The maximum atomic E-state index is 5.78. The smallest absolute Gasteiger partial charge is 0.0616 e. The Labute approximate surface area is 106 Å². The third-order valence-corrected chi connectivity index (χ3v) is 3.90. The van der Waals surface area contributed by atoms with E-state index in [1.165, 1.54) is 19.3 Å². The molecule has 2 atom stereocenters. The molecule has 0 amide bonds. The van der Waals surface area contributed by atoms with Crippen LogP contribution in [0.2, 0.25) is 0 Å². The molecule has 17 heavy (non-hydrogen) atoms. The van der Waals surface area contributed by atoms with Crippen LogP contribution in [0, 0.1) is 5.41 Å².